The summed E-state index contributed by atoms with van der Waals surface area (Å²) in [5, 5.41) is 27.4. The number of carboxylic acids is 2. The first-order valence-electron chi connectivity index (χ1n) is 15.5. The molecule has 3 rings (SSSR count). The van der Waals surface area contributed by atoms with Crippen LogP contribution in [0.2, 0.25) is 0 Å². The van der Waals surface area contributed by atoms with Gasteiger partial charge in [0.1, 0.15) is 24.7 Å². The van der Waals surface area contributed by atoms with E-state index in [1.54, 1.807) is 56.3 Å². The number of ether oxygens (including phenoxy) is 2. The predicted octanol–water partition coefficient (Wildman–Crippen LogP) is 2.75. The molecule has 260 valence electrons. The van der Waals surface area contributed by atoms with Crippen molar-refractivity contribution in [2.24, 2.45) is 5.92 Å². The molecular formula is C35H39N3O11. The first-order valence-corrected chi connectivity index (χ1v) is 15.5. The number of rotatable bonds is 18. The van der Waals surface area contributed by atoms with Crippen molar-refractivity contribution in [2.75, 3.05) is 6.61 Å². The second-order valence-electron chi connectivity index (χ2n) is 11.5. The van der Waals surface area contributed by atoms with E-state index in [4.69, 9.17) is 14.6 Å². The summed E-state index contributed by atoms with van der Waals surface area (Å²) in [6.07, 6.45) is -2.81. The normalized spacial score (nSPS) is 12.6. The third kappa shape index (κ3) is 12.4. The molecule has 0 spiro atoms. The summed E-state index contributed by atoms with van der Waals surface area (Å²) >= 11 is 0. The lowest BCUT2D eigenvalue weighted by Gasteiger charge is -2.26. The molecule has 0 unspecified atom stereocenters. The topological polar surface area (TPSA) is 214 Å². The van der Waals surface area contributed by atoms with Crippen molar-refractivity contribution in [1.29, 1.82) is 0 Å². The van der Waals surface area contributed by atoms with Gasteiger partial charge in [0.2, 0.25) is 11.8 Å². The lowest BCUT2D eigenvalue weighted by Crippen LogP contribution is -2.58. The van der Waals surface area contributed by atoms with Crippen LogP contribution in [0.1, 0.15) is 44.2 Å². The first kappa shape index (κ1) is 37.7. The molecule has 0 aliphatic heterocycles. The Morgan fingerprint density at radius 2 is 1.39 bits per heavy atom. The number of amides is 3. The molecule has 3 aromatic carbocycles. The van der Waals surface area contributed by atoms with Gasteiger partial charge in [-0.25, -0.2) is 4.79 Å². The van der Waals surface area contributed by atoms with Crippen LogP contribution in [-0.4, -0.2) is 76.5 Å². The van der Waals surface area contributed by atoms with Crippen LogP contribution in [0.25, 0.3) is 10.8 Å². The summed E-state index contributed by atoms with van der Waals surface area (Å²) in [6, 6.07) is 17.1. The van der Waals surface area contributed by atoms with Gasteiger partial charge >= 0.3 is 24.0 Å². The third-order valence-electron chi connectivity index (χ3n) is 7.39. The average Bonchev–Trinajstić information content (AvgIpc) is 3.06. The second-order valence-corrected chi connectivity index (χ2v) is 11.5. The maximum Gasteiger partial charge on any atom is 0.408 e. The maximum absolute atomic E-state index is 13.3. The lowest BCUT2D eigenvalue weighted by atomic mass is 10.0. The largest absolute Gasteiger partial charge is 0.481 e. The molecule has 0 aliphatic carbocycles. The highest BCUT2D eigenvalue weighted by atomic mass is 16.5. The molecule has 0 heterocycles. The number of alkyl carbamates (subject to hydrolysis) is 1. The quantitative estimate of drug-likeness (QED) is 0.123. The van der Waals surface area contributed by atoms with Crippen molar-refractivity contribution in [3.63, 3.8) is 0 Å². The zero-order valence-corrected chi connectivity index (χ0v) is 27.0. The Morgan fingerprint density at radius 1 is 0.714 bits per heavy atom. The minimum Gasteiger partial charge on any atom is -0.481 e. The molecule has 3 amide bonds. The molecule has 0 saturated heterocycles. The molecule has 0 radical (unpaired) electrons. The number of ketones is 1. The minimum absolute atomic E-state index is 0.117. The number of hydrogen-bond donors (Lipinski definition) is 5. The number of esters is 1. The number of aliphatic carboxylic acids is 2. The number of carbonyl (C=O) groups excluding carboxylic acids is 5. The molecule has 5 N–H and O–H groups in total. The zero-order chi connectivity index (χ0) is 35.9. The molecule has 49 heavy (non-hydrogen) atoms. The molecule has 0 fully saturated rings. The van der Waals surface area contributed by atoms with E-state index in [2.05, 4.69) is 16.0 Å². The van der Waals surface area contributed by atoms with Crippen LogP contribution in [0.5, 0.6) is 0 Å². The van der Waals surface area contributed by atoms with Crippen molar-refractivity contribution >= 4 is 52.4 Å². The summed E-state index contributed by atoms with van der Waals surface area (Å²) < 4.78 is 10.3. The van der Waals surface area contributed by atoms with Crippen molar-refractivity contribution in [3.05, 3.63) is 83.9 Å². The summed E-state index contributed by atoms with van der Waals surface area (Å²) in [5.74, 6) is -6.71. The Hall–Kier alpha value is -5.79. The van der Waals surface area contributed by atoms with Crippen LogP contribution in [0, 0.1) is 5.92 Å². The number of benzene rings is 3. The highest BCUT2D eigenvalue weighted by molar-refractivity contribution is 5.97. The lowest BCUT2D eigenvalue weighted by molar-refractivity contribution is -0.149. The summed E-state index contributed by atoms with van der Waals surface area (Å²) in [7, 11) is 0. The Labute approximate surface area is 282 Å². The van der Waals surface area contributed by atoms with Crippen LogP contribution in [0.3, 0.4) is 0 Å². The fraction of sp³-hybridized carbons (Fsp3) is 0.343. The van der Waals surface area contributed by atoms with E-state index >= 15 is 0 Å². The smallest absolute Gasteiger partial charge is 0.408 e. The Morgan fingerprint density at radius 3 is 2.06 bits per heavy atom. The standard InChI is InChI=1S/C35H39N3O11/c1-21(2)32(38-33(45)26(15-16-29(40)41)37-35(47)49-19-22-9-4-3-5-10-22)34(46)36-27(18-30(42)43)28(39)20-48-31(44)17-24-13-8-12-23-11-6-7-14-25(23)24/h3-14,21,26-27,32H,15-20H2,1-2H3,(H,36,46)(H,37,47)(H,38,45)(H,40,41)(H,42,43)/t26-,27-,32-/m0/s1. The van der Waals surface area contributed by atoms with Crippen LogP contribution in [-0.2, 0) is 51.3 Å². The van der Waals surface area contributed by atoms with Gasteiger partial charge in [-0.05, 0) is 34.2 Å². The number of carboxylic acid groups (broad SMARTS) is 2. The SMILES string of the molecule is CC(C)[C@H](NC(=O)[C@H](CCC(=O)O)NC(=O)OCc1ccccc1)C(=O)N[C@@H](CC(=O)O)C(=O)COC(=O)Cc1cccc2ccccc12. The van der Waals surface area contributed by atoms with Gasteiger partial charge in [0, 0.05) is 6.42 Å². The van der Waals surface area contributed by atoms with E-state index in [0.29, 0.717) is 11.1 Å². The van der Waals surface area contributed by atoms with Crippen molar-refractivity contribution < 1.29 is 53.2 Å². The maximum atomic E-state index is 13.3. The summed E-state index contributed by atoms with van der Waals surface area (Å²) in [6.45, 7) is 2.21. The van der Waals surface area contributed by atoms with E-state index in [1.165, 1.54) is 0 Å². The van der Waals surface area contributed by atoms with E-state index in [9.17, 15) is 38.7 Å². The van der Waals surface area contributed by atoms with Crippen LogP contribution >= 0.6 is 0 Å². The van der Waals surface area contributed by atoms with Gasteiger partial charge < -0.3 is 35.6 Å². The predicted molar refractivity (Wildman–Crippen MR) is 175 cm³/mol. The van der Waals surface area contributed by atoms with Crippen molar-refractivity contribution in [2.45, 2.75) is 64.3 Å². The minimum atomic E-state index is -1.61. The number of fused-ring (bicyclic) bond motifs is 1. The van der Waals surface area contributed by atoms with Gasteiger partial charge in [0.15, 0.2) is 12.4 Å². The van der Waals surface area contributed by atoms with Gasteiger partial charge in [-0.3, -0.25) is 28.8 Å². The van der Waals surface area contributed by atoms with E-state index < -0.39 is 85.1 Å². The first-order chi connectivity index (χ1) is 23.3. The van der Waals surface area contributed by atoms with E-state index in [0.717, 1.165) is 10.8 Å². The second kappa shape index (κ2) is 18.5. The molecule has 0 saturated carbocycles. The molecule has 14 heteroatoms. The van der Waals surface area contributed by atoms with Gasteiger partial charge in [-0.15, -0.1) is 0 Å². The van der Waals surface area contributed by atoms with Crippen LogP contribution in [0.4, 0.5) is 4.79 Å². The Kier molecular flexibility index (Phi) is 14.2. The van der Waals surface area contributed by atoms with Crippen molar-refractivity contribution in [3.8, 4) is 0 Å². The number of nitrogens with one attached hydrogen (secondary N) is 3. The molecule has 3 atom stereocenters. The molecule has 0 aliphatic rings. The van der Waals surface area contributed by atoms with Crippen LogP contribution < -0.4 is 16.0 Å². The monoisotopic (exact) mass is 677 g/mol. The van der Waals surface area contributed by atoms with E-state index in [-0.39, 0.29) is 19.4 Å². The Balaban J connectivity index is 1.63. The zero-order valence-electron chi connectivity index (χ0n) is 27.0. The number of carbonyl (C=O) groups is 7. The fourth-order valence-corrected chi connectivity index (χ4v) is 4.82. The van der Waals surface area contributed by atoms with Gasteiger partial charge in [-0.1, -0.05) is 86.6 Å². The number of Topliss-reactive ketones (excluding diaryl/α,β-unsaturated/α-hetero) is 1. The molecule has 14 nitrogen and oxygen atoms in total. The molecule has 3 aromatic rings. The summed E-state index contributed by atoms with van der Waals surface area (Å²) in [5.41, 5.74) is 1.34. The fourth-order valence-electron chi connectivity index (χ4n) is 4.82. The molecular weight excluding hydrogens is 638 g/mol. The van der Waals surface area contributed by atoms with E-state index in [1.807, 2.05) is 30.3 Å². The molecule has 0 bridgehead atoms. The van der Waals surface area contributed by atoms with Gasteiger partial charge in [-0.2, -0.15) is 0 Å². The number of hydrogen-bond acceptors (Lipinski definition) is 9. The third-order valence-corrected chi connectivity index (χ3v) is 7.39. The van der Waals surface area contributed by atoms with Crippen molar-refractivity contribution in [1.82, 2.24) is 16.0 Å². The molecule has 0 aromatic heterocycles. The van der Waals surface area contributed by atoms with Gasteiger partial charge in [0.25, 0.3) is 0 Å². The van der Waals surface area contributed by atoms with Crippen LogP contribution in [0.15, 0.2) is 72.8 Å². The highest BCUT2D eigenvalue weighted by Crippen LogP contribution is 2.19. The van der Waals surface area contributed by atoms with Gasteiger partial charge in [0.05, 0.1) is 12.8 Å². The Bertz CT molecular complexity index is 1650. The highest BCUT2D eigenvalue weighted by Gasteiger charge is 2.33. The summed E-state index contributed by atoms with van der Waals surface area (Å²) in [4.78, 5) is 87.3. The average molecular weight is 678 g/mol.